The zero-order chi connectivity index (χ0) is 17.0. The molecule has 0 unspecified atom stereocenters. The van der Waals surface area contributed by atoms with Crippen molar-refractivity contribution in [2.45, 2.75) is 4.90 Å². The number of hydrogen-bond donors (Lipinski definition) is 1. The summed E-state index contributed by atoms with van der Waals surface area (Å²) in [4.78, 5) is 12.3. The van der Waals surface area contributed by atoms with Crippen LogP contribution in [0, 0.1) is 5.82 Å². The standard InChI is InChI=1S/C16H17FN2O3S/c1-19(2)23(21,22)15-5-3-4-12(10-15)16(20)11-18-14-8-6-13(17)7-9-14/h3-10,18H,11H2,1-2H3. The van der Waals surface area contributed by atoms with E-state index in [0.717, 1.165) is 4.31 Å². The molecule has 23 heavy (non-hydrogen) atoms. The molecule has 0 radical (unpaired) electrons. The average molecular weight is 336 g/mol. The van der Waals surface area contributed by atoms with Crippen LogP contribution in [0.5, 0.6) is 0 Å². The van der Waals surface area contributed by atoms with Gasteiger partial charge in [-0.25, -0.2) is 17.1 Å². The fourth-order valence-corrected chi connectivity index (χ4v) is 2.84. The first-order valence-electron chi connectivity index (χ1n) is 6.86. The summed E-state index contributed by atoms with van der Waals surface area (Å²) in [5.41, 5.74) is 0.902. The van der Waals surface area contributed by atoms with Gasteiger partial charge in [0.25, 0.3) is 0 Å². The number of halogens is 1. The fourth-order valence-electron chi connectivity index (χ4n) is 1.89. The van der Waals surface area contributed by atoms with E-state index in [4.69, 9.17) is 0 Å². The van der Waals surface area contributed by atoms with Crippen molar-refractivity contribution in [1.82, 2.24) is 4.31 Å². The number of nitrogens with one attached hydrogen (secondary N) is 1. The number of nitrogens with zero attached hydrogens (tertiary/aromatic N) is 1. The van der Waals surface area contributed by atoms with Gasteiger partial charge in [0.2, 0.25) is 10.0 Å². The van der Waals surface area contributed by atoms with Gasteiger partial charge in [-0.2, -0.15) is 0 Å². The molecule has 1 N–H and O–H groups in total. The van der Waals surface area contributed by atoms with Crippen LogP contribution in [-0.2, 0) is 10.0 Å². The van der Waals surface area contributed by atoms with E-state index in [-0.39, 0.29) is 23.0 Å². The lowest BCUT2D eigenvalue weighted by Gasteiger charge is -2.12. The van der Waals surface area contributed by atoms with E-state index in [1.54, 1.807) is 6.07 Å². The van der Waals surface area contributed by atoms with Crippen molar-refractivity contribution in [3.63, 3.8) is 0 Å². The van der Waals surface area contributed by atoms with Crippen molar-refractivity contribution in [2.75, 3.05) is 26.0 Å². The predicted molar refractivity (Wildman–Crippen MR) is 86.5 cm³/mol. The summed E-state index contributed by atoms with van der Waals surface area (Å²) in [5.74, 6) is -0.617. The van der Waals surface area contributed by atoms with Gasteiger partial charge in [0.15, 0.2) is 5.78 Å². The number of carbonyl (C=O) groups is 1. The molecule has 0 saturated heterocycles. The van der Waals surface area contributed by atoms with Gasteiger partial charge in [0.05, 0.1) is 11.4 Å². The first-order valence-corrected chi connectivity index (χ1v) is 8.30. The third-order valence-corrected chi connectivity index (χ3v) is 5.04. The Morgan fingerprint density at radius 2 is 1.78 bits per heavy atom. The second-order valence-corrected chi connectivity index (χ2v) is 7.25. The largest absolute Gasteiger partial charge is 0.378 e. The van der Waals surface area contributed by atoms with Crippen LogP contribution in [-0.4, -0.2) is 39.1 Å². The Labute approximate surface area is 134 Å². The number of Topliss-reactive ketones (excluding diaryl/α,β-unsaturated/α-hetero) is 1. The molecule has 7 heteroatoms. The van der Waals surface area contributed by atoms with E-state index in [9.17, 15) is 17.6 Å². The Kier molecular flexibility index (Phi) is 5.12. The first kappa shape index (κ1) is 17.1. The summed E-state index contributed by atoms with van der Waals surface area (Å²) in [5, 5.41) is 2.88. The van der Waals surface area contributed by atoms with Gasteiger partial charge >= 0.3 is 0 Å². The Hall–Kier alpha value is -2.25. The summed E-state index contributed by atoms with van der Waals surface area (Å²) < 4.78 is 38.1. The summed E-state index contributed by atoms with van der Waals surface area (Å²) in [6.07, 6.45) is 0. The van der Waals surface area contributed by atoms with Gasteiger partial charge in [0, 0.05) is 25.3 Å². The highest BCUT2D eigenvalue weighted by molar-refractivity contribution is 7.89. The molecule has 0 aliphatic carbocycles. The molecular formula is C16H17FN2O3S. The molecule has 0 saturated carbocycles. The number of hydrogen-bond acceptors (Lipinski definition) is 4. The maximum Gasteiger partial charge on any atom is 0.242 e. The minimum atomic E-state index is -3.59. The van der Waals surface area contributed by atoms with E-state index in [1.165, 1.54) is 56.6 Å². The number of anilines is 1. The van der Waals surface area contributed by atoms with Crippen molar-refractivity contribution < 1.29 is 17.6 Å². The third-order valence-electron chi connectivity index (χ3n) is 3.23. The van der Waals surface area contributed by atoms with Gasteiger partial charge < -0.3 is 5.32 Å². The monoisotopic (exact) mass is 336 g/mol. The van der Waals surface area contributed by atoms with Gasteiger partial charge in [-0.3, -0.25) is 4.79 Å². The molecule has 2 aromatic carbocycles. The van der Waals surface area contributed by atoms with Crippen molar-refractivity contribution in [3.8, 4) is 0 Å². The maximum absolute atomic E-state index is 12.8. The molecule has 0 fully saturated rings. The quantitative estimate of drug-likeness (QED) is 0.823. The minimum Gasteiger partial charge on any atom is -0.378 e. The fraction of sp³-hybridized carbons (Fsp3) is 0.188. The van der Waals surface area contributed by atoms with Gasteiger partial charge in [-0.05, 0) is 36.4 Å². The van der Waals surface area contributed by atoms with E-state index in [0.29, 0.717) is 11.3 Å². The second-order valence-electron chi connectivity index (χ2n) is 5.10. The molecule has 0 amide bonds. The average Bonchev–Trinajstić information content (AvgIpc) is 2.54. The van der Waals surface area contributed by atoms with E-state index < -0.39 is 10.0 Å². The Morgan fingerprint density at radius 3 is 2.39 bits per heavy atom. The second kappa shape index (κ2) is 6.89. The molecule has 0 aliphatic heterocycles. The minimum absolute atomic E-state index is 0.0168. The lowest BCUT2D eigenvalue weighted by molar-refractivity contribution is 0.101. The van der Waals surface area contributed by atoms with E-state index in [1.807, 2.05) is 0 Å². The van der Waals surface area contributed by atoms with Crippen molar-refractivity contribution in [1.29, 1.82) is 0 Å². The van der Waals surface area contributed by atoms with Crippen molar-refractivity contribution in [3.05, 3.63) is 59.9 Å². The van der Waals surface area contributed by atoms with E-state index >= 15 is 0 Å². The number of benzene rings is 2. The zero-order valence-corrected chi connectivity index (χ0v) is 13.6. The molecule has 0 bridgehead atoms. The van der Waals surface area contributed by atoms with Crippen LogP contribution in [0.25, 0.3) is 0 Å². The third kappa shape index (κ3) is 4.14. The van der Waals surface area contributed by atoms with Crippen LogP contribution in [0.15, 0.2) is 53.4 Å². The predicted octanol–water partition coefficient (Wildman–Crippen LogP) is 2.37. The Bertz CT molecular complexity index is 802. The maximum atomic E-state index is 12.8. The van der Waals surface area contributed by atoms with Gasteiger partial charge in [0.1, 0.15) is 5.82 Å². The highest BCUT2D eigenvalue weighted by Crippen LogP contribution is 2.15. The zero-order valence-electron chi connectivity index (χ0n) is 12.8. The molecule has 0 aromatic heterocycles. The molecule has 0 atom stereocenters. The molecule has 0 spiro atoms. The Balaban J connectivity index is 2.12. The van der Waals surface area contributed by atoms with Crippen LogP contribution >= 0.6 is 0 Å². The molecule has 122 valence electrons. The summed E-state index contributed by atoms with van der Waals surface area (Å²) >= 11 is 0. The highest BCUT2D eigenvalue weighted by atomic mass is 32.2. The molecule has 5 nitrogen and oxygen atoms in total. The number of sulfonamides is 1. The first-order chi connectivity index (χ1) is 10.8. The van der Waals surface area contributed by atoms with E-state index in [2.05, 4.69) is 5.32 Å². The van der Waals surface area contributed by atoms with Crippen LogP contribution in [0.2, 0.25) is 0 Å². The summed E-state index contributed by atoms with van der Waals surface area (Å²) in [7, 11) is -0.725. The normalized spacial score (nSPS) is 11.5. The van der Waals surface area contributed by atoms with Crippen LogP contribution in [0.3, 0.4) is 0 Å². The lowest BCUT2D eigenvalue weighted by Crippen LogP contribution is -2.22. The smallest absolute Gasteiger partial charge is 0.242 e. The Morgan fingerprint density at radius 1 is 1.13 bits per heavy atom. The van der Waals surface area contributed by atoms with Gasteiger partial charge in [-0.15, -0.1) is 0 Å². The molecule has 2 aromatic rings. The molecule has 0 heterocycles. The molecular weight excluding hydrogens is 319 g/mol. The summed E-state index contributed by atoms with van der Waals surface area (Å²) in [6.45, 7) is -0.0168. The van der Waals surface area contributed by atoms with Crippen molar-refractivity contribution in [2.24, 2.45) is 0 Å². The SMILES string of the molecule is CN(C)S(=O)(=O)c1cccc(C(=O)CNc2ccc(F)cc2)c1. The number of ketones is 1. The number of carbonyl (C=O) groups excluding carboxylic acids is 1. The van der Waals surface area contributed by atoms with Crippen LogP contribution in [0.4, 0.5) is 10.1 Å². The number of rotatable bonds is 6. The van der Waals surface area contributed by atoms with Crippen molar-refractivity contribution >= 4 is 21.5 Å². The van der Waals surface area contributed by atoms with Gasteiger partial charge in [-0.1, -0.05) is 12.1 Å². The summed E-state index contributed by atoms with van der Waals surface area (Å²) in [6, 6.07) is 11.5. The van der Waals surface area contributed by atoms with Crippen LogP contribution < -0.4 is 5.32 Å². The molecule has 0 aliphatic rings. The molecule has 2 rings (SSSR count). The lowest BCUT2D eigenvalue weighted by atomic mass is 10.1. The highest BCUT2D eigenvalue weighted by Gasteiger charge is 2.18. The topological polar surface area (TPSA) is 66.5 Å². The van der Waals surface area contributed by atoms with Crippen LogP contribution in [0.1, 0.15) is 10.4 Å².